The number of nitrogens with zero attached hydrogens (tertiary/aromatic N) is 6. The van der Waals surface area contributed by atoms with Crippen LogP contribution >= 0.6 is 0 Å². The fraction of sp³-hybridized carbons (Fsp3) is 0.367. The predicted molar refractivity (Wildman–Crippen MR) is 147 cm³/mol. The van der Waals surface area contributed by atoms with Crippen LogP contribution < -0.4 is 5.56 Å². The number of halogens is 1. The Morgan fingerprint density at radius 1 is 1.25 bits per heavy atom. The molecule has 2 aromatic heterocycles. The van der Waals surface area contributed by atoms with Gasteiger partial charge in [-0.15, -0.1) is 0 Å². The summed E-state index contributed by atoms with van der Waals surface area (Å²) >= 11 is 0. The molecule has 2 heterocycles. The molecule has 1 fully saturated rings. The predicted octanol–water partition coefficient (Wildman–Crippen LogP) is 4.39. The molecule has 0 atom stereocenters. The molecule has 1 aliphatic rings. The van der Waals surface area contributed by atoms with Crippen LogP contribution in [0.3, 0.4) is 0 Å². The largest absolute Gasteiger partial charge is 0.275 e. The lowest BCUT2D eigenvalue weighted by atomic mass is 9.79. The molecule has 0 N–H and O–H groups in total. The van der Waals surface area contributed by atoms with Crippen molar-refractivity contribution in [1.29, 1.82) is 5.26 Å². The zero-order chi connectivity index (χ0) is 28.6. The van der Waals surface area contributed by atoms with E-state index in [2.05, 4.69) is 16.2 Å². The number of amides is 1. The molecule has 9 nitrogen and oxygen atoms in total. The van der Waals surface area contributed by atoms with Crippen LogP contribution in [-0.4, -0.2) is 44.3 Å². The lowest BCUT2D eigenvalue weighted by Crippen LogP contribution is -2.43. The Balaban J connectivity index is 1.56. The van der Waals surface area contributed by atoms with E-state index in [9.17, 15) is 14.9 Å². The number of hydrogen-bond donors (Lipinski definition) is 0. The Bertz CT molecular complexity index is 1700. The summed E-state index contributed by atoms with van der Waals surface area (Å²) < 4.78 is 18.9. The molecule has 0 saturated heterocycles. The monoisotopic (exact) mass is 542 g/mol. The minimum absolute atomic E-state index is 0.0799. The second-order valence-electron chi connectivity index (χ2n) is 10.2. The van der Waals surface area contributed by atoms with Crippen molar-refractivity contribution in [2.24, 2.45) is 5.92 Å². The Morgan fingerprint density at radius 3 is 2.67 bits per heavy atom. The third-order valence-corrected chi connectivity index (χ3v) is 7.67. The number of carbonyl (C=O) groups is 1. The van der Waals surface area contributed by atoms with Crippen LogP contribution in [0.4, 0.5) is 4.39 Å². The van der Waals surface area contributed by atoms with Gasteiger partial charge in [-0.05, 0) is 55.0 Å². The number of aryl methyl sites for hydroxylation is 2. The van der Waals surface area contributed by atoms with Gasteiger partial charge < -0.3 is 0 Å². The maximum Gasteiger partial charge on any atom is 0.259 e. The minimum atomic E-state index is -0.453. The Kier molecular flexibility index (Phi) is 7.50. The first kappa shape index (κ1) is 27.2. The van der Waals surface area contributed by atoms with E-state index < -0.39 is 5.82 Å². The average Bonchev–Trinajstić information content (AvgIpc) is 3.32. The van der Waals surface area contributed by atoms with E-state index in [1.54, 1.807) is 53.4 Å². The van der Waals surface area contributed by atoms with Crippen LogP contribution in [-0.2, 0) is 22.5 Å². The van der Waals surface area contributed by atoms with Crippen molar-refractivity contribution in [3.8, 4) is 17.2 Å². The number of hydroxylamine groups is 2. The van der Waals surface area contributed by atoms with Crippen molar-refractivity contribution < 1.29 is 14.0 Å². The third kappa shape index (κ3) is 4.77. The molecule has 0 radical (unpaired) electrons. The molecular weight excluding hydrogens is 511 g/mol. The third-order valence-electron chi connectivity index (χ3n) is 7.67. The van der Waals surface area contributed by atoms with Crippen LogP contribution in [0, 0.1) is 30.0 Å². The summed E-state index contributed by atoms with van der Waals surface area (Å²) in [7, 11) is 3.01. The van der Waals surface area contributed by atoms with Crippen LogP contribution in [0.25, 0.3) is 16.9 Å². The number of benzene rings is 2. The lowest BCUT2D eigenvalue weighted by Gasteiger charge is -2.37. The molecule has 1 aliphatic carbocycles. The normalized spacial score (nSPS) is 16.5. The fourth-order valence-electron chi connectivity index (χ4n) is 5.46. The molecule has 4 aromatic rings. The van der Waals surface area contributed by atoms with E-state index in [0.29, 0.717) is 64.4 Å². The Labute approximate surface area is 231 Å². The highest BCUT2D eigenvalue weighted by atomic mass is 19.1. The molecule has 10 heteroatoms. The molecule has 0 unspecified atom stereocenters. The zero-order valence-corrected chi connectivity index (χ0v) is 23.0. The zero-order valence-electron chi connectivity index (χ0n) is 23.0. The van der Waals surface area contributed by atoms with Crippen LogP contribution in [0.1, 0.15) is 60.4 Å². The summed E-state index contributed by atoms with van der Waals surface area (Å²) in [6.45, 7) is 3.79. The smallest absolute Gasteiger partial charge is 0.259 e. The molecule has 2 aromatic carbocycles. The molecule has 40 heavy (non-hydrogen) atoms. The van der Waals surface area contributed by atoms with Crippen molar-refractivity contribution in [2.75, 3.05) is 14.2 Å². The average molecular weight is 543 g/mol. The van der Waals surface area contributed by atoms with Gasteiger partial charge in [-0.1, -0.05) is 43.7 Å². The Morgan fingerprint density at radius 2 is 2.00 bits per heavy atom. The Hall–Kier alpha value is -4.36. The number of fused-ring (bicyclic) bond motifs is 1. The molecule has 1 amide bonds. The van der Waals surface area contributed by atoms with Crippen LogP contribution in [0.2, 0.25) is 0 Å². The first-order valence-electron chi connectivity index (χ1n) is 13.4. The van der Waals surface area contributed by atoms with Crippen molar-refractivity contribution in [3.05, 3.63) is 86.8 Å². The van der Waals surface area contributed by atoms with Crippen LogP contribution in [0.5, 0.6) is 0 Å². The van der Waals surface area contributed by atoms with E-state index in [4.69, 9.17) is 4.84 Å². The SMILES string of the molecule is CCCc1c(Cc2ccc(-c3ccccc3C#N)cc2F)c(=O)n([C@H]2C[C@@H](C(=O)N(C)OC)C2)c2nc(C)nn12. The quantitative estimate of drug-likeness (QED) is 0.306. The standard InChI is InChI=1S/C30H31FN6O3/c1-5-8-27-25(15-20-12-11-19(16-26(20)31)24-10-7-6-9-21(24)17-32)29(39)36(30-33-18(2)34-37(27)30)23-13-22(14-23)28(38)35(3)40-4/h6-7,9-12,16,22-23H,5,8,13-15H2,1-4H3/t22-,23+. The summed E-state index contributed by atoms with van der Waals surface area (Å²) in [5.74, 6) is 0.120. The number of hydrogen-bond acceptors (Lipinski definition) is 6. The summed E-state index contributed by atoms with van der Waals surface area (Å²) in [6.07, 6.45) is 2.37. The van der Waals surface area contributed by atoms with Gasteiger partial charge in [-0.3, -0.25) is 19.0 Å². The highest BCUT2D eigenvalue weighted by molar-refractivity contribution is 5.78. The summed E-state index contributed by atoms with van der Waals surface area (Å²) in [6, 6.07) is 13.8. The molecular formula is C30H31FN6O3. The topological polar surface area (TPSA) is 106 Å². The molecule has 0 aliphatic heterocycles. The van der Waals surface area contributed by atoms with Gasteiger partial charge in [0.15, 0.2) is 0 Å². The van der Waals surface area contributed by atoms with Gasteiger partial charge in [0.1, 0.15) is 11.6 Å². The van der Waals surface area contributed by atoms with Gasteiger partial charge in [0, 0.05) is 31.0 Å². The van der Waals surface area contributed by atoms with Gasteiger partial charge in [-0.2, -0.15) is 15.3 Å². The van der Waals surface area contributed by atoms with Crippen molar-refractivity contribution in [3.63, 3.8) is 0 Å². The van der Waals surface area contributed by atoms with Gasteiger partial charge in [-0.25, -0.2) is 14.0 Å². The number of nitriles is 1. The highest BCUT2D eigenvalue weighted by Crippen LogP contribution is 2.39. The number of rotatable bonds is 8. The molecule has 0 bridgehead atoms. The maximum atomic E-state index is 15.5. The van der Waals surface area contributed by atoms with Crippen molar-refractivity contribution in [1.82, 2.24) is 24.2 Å². The summed E-state index contributed by atoms with van der Waals surface area (Å²) in [5.41, 5.74) is 3.02. The maximum absolute atomic E-state index is 15.5. The molecule has 206 valence electrons. The lowest BCUT2D eigenvalue weighted by molar-refractivity contribution is -0.177. The summed E-state index contributed by atoms with van der Waals surface area (Å²) in [5, 5.41) is 15.3. The van der Waals surface area contributed by atoms with E-state index >= 15 is 4.39 Å². The van der Waals surface area contributed by atoms with Gasteiger partial charge in [0.25, 0.3) is 5.56 Å². The van der Waals surface area contributed by atoms with E-state index in [1.807, 2.05) is 13.0 Å². The minimum Gasteiger partial charge on any atom is -0.275 e. The first-order chi connectivity index (χ1) is 19.3. The van der Waals surface area contributed by atoms with Gasteiger partial charge in [0.05, 0.1) is 24.4 Å². The van der Waals surface area contributed by atoms with Crippen molar-refractivity contribution >= 4 is 11.7 Å². The van der Waals surface area contributed by atoms with Gasteiger partial charge >= 0.3 is 0 Å². The summed E-state index contributed by atoms with van der Waals surface area (Å²) in [4.78, 5) is 36.2. The van der Waals surface area contributed by atoms with E-state index in [0.717, 1.165) is 6.42 Å². The number of carbonyl (C=O) groups excluding carboxylic acids is 1. The van der Waals surface area contributed by atoms with Crippen LogP contribution in [0.15, 0.2) is 47.3 Å². The van der Waals surface area contributed by atoms with E-state index in [-0.39, 0.29) is 29.8 Å². The molecule has 1 saturated carbocycles. The van der Waals surface area contributed by atoms with Gasteiger partial charge in [0.2, 0.25) is 11.7 Å². The second-order valence-corrected chi connectivity index (χ2v) is 10.2. The molecule has 0 spiro atoms. The number of aromatic nitrogens is 4. The molecule has 5 rings (SSSR count). The van der Waals surface area contributed by atoms with Crippen molar-refractivity contribution in [2.45, 2.75) is 52.0 Å². The second kappa shape index (κ2) is 11.0. The first-order valence-corrected chi connectivity index (χ1v) is 13.4. The van der Waals surface area contributed by atoms with E-state index in [1.165, 1.54) is 18.2 Å². The highest BCUT2D eigenvalue weighted by Gasteiger charge is 2.39. The fourth-order valence-corrected chi connectivity index (χ4v) is 5.46.